The van der Waals surface area contributed by atoms with Crippen LogP contribution in [0.2, 0.25) is 0 Å². The van der Waals surface area contributed by atoms with Crippen LogP contribution in [0, 0.1) is 0 Å². The van der Waals surface area contributed by atoms with Crippen molar-refractivity contribution in [2.75, 3.05) is 12.3 Å². The molecule has 1 aliphatic heterocycles. The van der Waals surface area contributed by atoms with Crippen LogP contribution in [0.15, 0.2) is 29.6 Å². The third kappa shape index (κ3) is 2.33. The van der Waals surface area contributed by atoms with Gasteiger partial charge in [0.25, 0.3) is 0 Å². The van der Waals surface area contributed by atoms with E-state index in [1.807, 2.05) is 28.8 Å². The molecule has 3 rings (SSSR count). The lowest BCUT2D eigenvalue weighted by Gasteiger charge is -2.12. The van der Waals surface area contributed by atoms with Crippen LogP contribution in [0.5, 0.6) is 0 Å². The summed E-state index contributed by atoms with van der Waals surface area (Å²) >= 11 is 1.49. The quantitative estimate of drug-likeness (QED) is 0.615. The minimum absolute atomic E-state index is 0.0725. The number of carbonyl (C=O) groups is 2. The highest BCUT2D eigenvalue weighted by Gasteiger charge is 2.28. The van der Waals surface area contributed by atoms with Gasteiger partial charge < -0.3 is 0 Å². The molecule has 0 unspecified atom stereocenters. The van der Waals surface area contributed by atoms with Crippen LogP contribution < -0.4 is 0 Å². The average molecular weight is 276 g/mol. The Kier molecular flexibility index (Phi) is 3.20. The zero-order chi connectivity index (χ0) is 13.2. The molecule has 1 saturated heterocycles. The summed E-state index contributed by atoms with van der Waals surface area (Å²) in [5.74, 6) is 0.487. The van der Waals surface area contributed by atoms with Crippen LogP contribution in [0.3, 0.4) is 0 Å². The first-order chi connectivity index (χ1) is 9.25. The van der Waals surface area contributed by atoms with Crippen molar-refractivity contribution in [1.29, 1.82) is 0 Å². The molecule has 0 N–H and O–H groups in total. The summed E-state index contributed by atoms with van der Waals surface area (Å²) in [6.45, 7) is 0.435. The van der Waals surface area contributed by atoms with Gasteiger partial charge in [-0.05, 0) is 12.1 Å². The van der Waals surface area contributed by atoms with Crippen LogP contribution >= 0.6 is 11.8 Å². The van der Waals surface area contributed by atoms with E-state index in [0.717, 1.165) is 10.8 Å². The molecule has 0 bridgehead atoms. The Balaban J connectivity index is 1.63. The van der Waals surface area contributed by atoms with Crippen molar-refractivity contribution < 1.29 is 9.59 Å². The molecule has 0 atom stereocenters. The van der Waals surface area contributed by atoms with Gasteiger partial charge in [0, 0.05) is 31.3 Å². The molecule has 98 valence electrons. The van der Waals surface area contributed by atoms with Gasteiger partial charge in [-0.1, -0.05) is 17.8 Å². The van der Waals surface area contributed by atoms with Gasteiger partial charge in [-0.25, -0.2) is 0 Å². The van der Waals surface area contributed by atoms with Crippen molar-refractivity contribution in [2.45, 2.75) is 18.0 Å². The van der Waals surface area contributed by atoms with E-state index in [4.69, 9.17) is 0 Å². The van der Waals surface area contributed by atoms with Crippen molar-refractivity contribution in [3.8, 4) is 0 Å². The molecule has 6 nitrogen and oxygen atoms in total. The highest BCUT2D eigenvalue weighted by atomic mass is 32.2. The van der Waals surface area contributed by atoms with Crippen LogP contribution in [0.25, 0.3) is 5.65 Å². The van der Waals surface area contributed by atoms with Gasteiger partial charge in [0.2, 0.25) is 11.8 Å². The molecule has 19 heavy (non-hydrogen) atoms. The van der Waals surface area contributed by atoms with Gasteiger partial charge in [0.05, 0.1) is 0 Å². The first kappa shape index (κ1) is 12.2. The summed E-state index contributed by atoms with van der Waals surface area (Å²) < 4.78 is 1.89. The van der Waals surface area contributed by atoms with E-state index in [9.17, 15) is 9.59 Å². The summed E-state index contributed by atoms with van der Waals surface area (Å²) in [4.78, 5) is 24.2. The Morgan fingerprint density at radius 2 is 1.95 bits per heavy atom. The van der Waals surface area contributed by atoms with E-state index in [0.29, 0.717) is 25.1 Å². The first-order valence-electron chi connectivity index (χ1n) is 6.01. The summed E-state index contributed by atoms with van der Waals surface area (Å²) in [6.07, 6.45) is 2.58. The molecule has 0 spiro atoms. The Morgan fingerprint density at radius 1 is 1.16 bits per heavy atom. The molecule has 1 fully saturated rings. The van der Waals surface area contributed by atoms with E-state index < -0.39 is 0 Å². The highest BCUT2D eigenvalue weighted by molar-refractivity contribution is 7.99. The smallest absolute Gasteiger partial charge is 0.229 e. The third-order valence-electron chi connectivity index (χ3n) is 2.98. The number of amides is 2. The molecule has 1 aliphatic rings. The number of fused-ring (bicyclic) bond motifs is 1. The SMILES string of the molecule is O=C1CCC(=O)N1CCSc1nnc2ccccn12. The number of nitrogens with zero attached hydrogens (tertiary/aromatic N) is 4. The molecule has 0 aliphatic carbocycles. The zero-order valence-electron chi connectivity index (χ0n) is 10.2. The van der Waals surface area contributed by atoms with E-state index in [1.165, 1.54) is 16.7 Å². The lowest BCUT2D eigenvalue weighted by atomic mass is 10.4. The summed E-state index contributed by atoms with van der Waals surface area (Å²) in [7, 11) is 0. The van der Waals surface area contributed by atoms with Crippen molar-refractivity contribution >= 4 is 29.2 Å². The van der Waals surface area contributed by atoms with Gasteiger partial charge in [-0.3, -0.25) is 18.9 Å². The number of aromatic nitrogens is 3. The number of imide groups is 1. The number of rotatable bonds is 4. The van der Waals surface area contributed by atoms with Crippen molar-refractivity contribution in [2.24, 2.45) is 0 Å². The first-order valence-corrected chi connectivity index (χ1v) is 7.00. The molecule has 2 aromatic heterocycles. The number of hydrogen-bond acceptors (Lipinski definition) is 5. The monoisotopic (exact) mass is 276 g/mol. The Hall–Kier alpha value is -1.89. The van der Waals surface area contributed by atoms with Crippen LogP contribution in [-0.2, 0) is 9.59 Å². The second-order valence-electron chi connectivity index (χ2n) is 4.20. The predicted molar refractivity (Wildman–Crippen MR) is 69.7 cm³/mol. The van der Waals surface area contributed by atoms with Gasteiger partial charge in [0.15, 0.2) is 10.8 Å². The second-order valence-corrected chi connectivity index (χ2v) is 5.26. The molecule has 3 heterocycles. The topological polar surface area (TPSA) is 67.6 Å². The minimum Gasteiger partial charge on any atom is -0.282 e. The lowest BCUT2D eigenvalue weighted by Crippen LogP contribution is -2.31. The van der Waals surface area contributed by atoms with Gasteiger partial charge in [-0.2, -0.15) is 0 Å². The fourth-order valence-corrected chi connectivity index (χ4v) is 2.87. The Labute approximate surface area is 113 Å². The summed E-state index contributed by atoms with van der Waals surface area (Å²) in [5.41, 5.74) is 0.790. The number of carbonyl (C=O) groups excluding carboxylic acids is 2. The van der Waals surface area contributed by atoms with E-state index in [2.05, 4.69) is 10.2 Å². The summed E-state index contributed by atoms with van der Waals surface area (Å²) in [5, 5.41) is 8.90. The molecule has 7 heteroatoms. The largest absolute Gasteiger partial charge is 0.282 e. The van der Waals surface area contributed by atoms with Gasteiger partial charge in [0.1, 0.15) is 0 Å². The van der Waals surface area contributed by atoms with Crippen LogP contribution in [0.1, 0.15) is 12.8 Å². The van der Waals surface area contributed by atoms with E-state index in [1.54, 1.807) is 0 Å². The lowest BCUT2D eigenvalue weighted by molar-refractivity contribution is -0.137. The number of likely N-dealkylation sites (tertiary alicyclic amines) is 1. The summed E-state index contributed by atoms with van der Waals surface area (Å²) in [6, 6.07) is 5.69. The van der Waals surface area contributed by atoms with Crippen LogP contribution in [-0.4, -0.2) is 43.6 Å². The Morgan fingerprint density at radius 3 is 2.74 bits per heavy atom. The van der Waals surface area contributed by atoms with Crippen molar-refractivity contribution in [1.82, 2.24) is 19.5 Å². The number of pyridine rings is 1. The highest BCUT2D eigenvalue weighted by Crippen LogP contribution is 2.18. The standard InChI is InChI=1S/C12H12N4O2S/c17-10-4-5-11(18)16(10)7-8-19-12-14-13-9-3-1-2-6-15(9)12/h1-3,6H,4-5,7-8H2. The maximum atomic E-state index is 11.5. The van der Waals surface area contributed by atoms with Crippen molar-refractivity contribution in [3.63, 3.8) is 0 Å². The molecule has 0 aromatic carbocycles. The third-order valence-corrected chi connectivity index (χ3v) is 3.91. The maximum Gasteiger partial charge on any atom is 0.229 e. The van der Waals surface area contributed by atoms with E-state index >= 15 is 0 Å². The zero-order valence-corrected chi connectivity index (χ0v) is 11.0. The predicted octanol–water partition coefficient (Wildman–Crippen LogP) is 0.970. The van der Waals surface area contributed by atoms with Gasteiger partial charge >= 0.3 is 0 Å². The molecule has 0 saturated carbocycles. The van der Waals surface area contributed by atoms with Crippen molar-refractivity contribution in [3.05, 3.63) is 24.4 Å². The second kappa shape index (κ2) is 5.00. The molecular formula is C12H12N4O2S. The van der Waals surface area contributed by atoms with E-state index in [-0.39, 0.29) is 11.8 Å². The minimum atomic E-state index is -0.0725. The molecule has 0 radical (unpaired) electrons. The molecule has 2 amide bonds. The normalized spacial score (nSPS) is 15.7. The molecule has 2 aromatic rings. The number of hydrogen-bond donors (Lipinski definition) is 0. The maximum absolute atomic E-state index is 11.5. The van der Waals surface area contributed by atoms with Crippen LogP contribution in [0.4, 0.5) is 0 Å². The fourth-order valence-electron chi connectivity index (χ4n) is 2.02. The Bertz CT molecular complexity index is 623. The number of thioether (sulfide) groups is 1. The van der Waals surface area contributed by atoms with Gasteiger partial charge in [-0.15, -0.1) is 10.2 Å². The fraction of sp³-hybridized carbons (Fsp3) is 0.333. The molecular weight excluding hydrogens is 264 g/mol. The average Bonchev–Trinajstić information content (AvgIpc) is 2.97.